The summed E-state index contributed by atoms with van der Waals surface area (Å²) in [4.78, 5) is 14.6. The van der Waals surface area contributed by atoms with Crippen LogP contribution in [0.1, 0.15) is 28.7 Å². The molecule has 0 fully saturated rings. The van der Waals surface area contributed by atoms with Gasteiger partial charge in [-0.15, -0.1) is 0 Å². The number of anilines is 1. The summed E-state index contributed by atoms with van der Waals surface area (Å²) in [6.07, 6.45) is 2.62. The smallest absolute Gasteiger partial charge is 0.339 e. The van der Waals surface area contributed by atoms with Crippen molar-refractivity contribution in [3.8, 4) is 5.75 Å². The van der Waals surface area contributed by atoms with Crippen LogP contribution >= 0.6 is 23.2 Å². The first-order chi connectivity index (χ1) is 13.0. The molecule has 0 N–H and O–H groups in total. The maximum Gasteiger partial charge on any atom is 0.339 e. The molecule has 6 heteroatoms. The van der Waals surface area contributed by atoms with Crippen LogP contribution in [0.15, 0.2) is 33.5 Å². The first kappa shape index (κ1) is 17.0. The zero-order chi connectivity index (χ0) is 18.7. The van der Waals surface area contributed by atoms with E-state index >= 15 is 0 Å². The monoisotopic (exact) mass is 401 g/mol. The first-order valence-corrected chi connectivity index (χ1v) is 9.72. The highest BCUT2D eigenvalue weighted by molar-refractivity contribution is 6.33. The molecule has 2 aromatic carbocycles. The number of nitrogens with zero attached hydrogens (tertiary/aromatic N) is 1. The molecular formula is C21H17Cl2NO3. The van der Waals surface area contributed by atoms with E-state index in [4.69, 9.17) is 32.4 Å². The summed E-state index contributed by atoms with van der Waals surface area (Å²) < 4.78 is 11.7. The predicted octanol–water partition coefficient (Wildman–Crippen LogP) is 5.25. The van der Waals surface area contributed by atoms with Crippen molar-refractivity contribution in [2.24, 2.45) is 0 Å². The Morgan fingerprint density at radius 3 is 2.74 bits per heavy atom. The molecule has 0 radical (unpaired) electrons. The lowest BCUT2D eigenvalue weighted by molar-refractivity contribution is 0.289. The molecular weight excluding hydrogens is 385 g/mol. The molecule has 5 rings (SSSR count). The van der Waals surface area contributed by atoms with E-state index in [0.717, 1.165) is 52.6 Å². The summed E-state index contributed by atoms with van der Waals surface area (Å²) in [5, 5.41) is 2.16. The van der Waals surface area contributed by atoms with Gasteiger partial charge in [0.15, 0.2) is 6.73 Å². The van der Waals surface area contributed by atoms with Crippen LogP contribution in [0.3, 0.4) is 0 Å². The highest BCUT2D eigenvalue weighted by Crippen LogP contribution is 2.42. The number of hydrogen-bond donors (Lipinski definition) is 0. The van der Waals surface area contributed by atoms with Gasteiger partial charge in [-0.05, 0) is 55.5 Å². The summed E-state index contributed by atoms with van der Waals surface area (Å²) in [5.74, 6) is 0.598. The summed E-state index contributed by atoms with van der Waals surface area (Å²) in [7, 11) is 0. The van der Waals surface area contributed by atoms with Crippen molar-refractivity contribution in [3.63, 3.8) is 0 Å². The molecule has 4 nitrogen and oxygen atoms in total. The maximum absolute atomic E-state index is 12.5. The van der Waals surface area contributed by atoms with Crippen molar-refractivity contribution in [1.82, 2.24) is 0 Å². The molecule has 1 aliphatic heterocycles. The molecule has 138 valence electrons. The second-order valence-electron chi connectivity index (χ2n) is 7.15. The van der Waals surface area contributed by atoms with Crippen molar-refractivity contribution in [2.45, 2.75) is 32.7 Å². The molecule has 0 saturated heterocycles. The van der Waals surface area contributed by atoms with Crippen LogP contribution in [-0.4, -0.2) is 6.73 Å². The minimum absolute atomic E-state index is 0.240. The van der Waals surface area contributed by atoms with Crippen molar-refractivity contribution >= 4 is 39.9 Å². The lowest BCUT2D eigenvalue weighted by Gasteiger charge is -2.32. The molecule has 0 amide bonds. The molecule has 0 atom stereocenters. The maximum atomic E-state index is 12.5. The van der Waals surface area contributed by atoms with Gasteiger partial charge in [0.2, 0.25) is 0 Å². The third-order valence-corrected chi connectivity index (χ3v) is 6.01. The zero-order valence-electron chi connectivity index (χ0n) is 14.8. The van der Waals surface area contributed by atoms with Crippen molar-refractivity contribution in [2.75, 3.05) is 11.6 Å². The summed E-state index contributed by atoms with van der Waals surface area (Å²) in [6, 6.07) is 7.65. The number of fused-ring (bicyclic) bond motifs is 5. The second-order valence-corrected chi connectivity index (χ2v) is 7.99. The molecule has 2 aliphatic rings. The highest BCUT2D eigenvalue weighted by atomic mass is 35.5. The molecule has 1 aliphatic carbocycles. The van der Waals surface area contributed by atoms with Gasteiger partial charge in [0, 0.05) is 21.7 Å². The normalized spacial score (nSPS) is 15.6. The van der Waals surface area contributed by atoms with Gasteiger partial charge in [0.05, 0.1) is 17.1 Å². The molecule has 1 aromatic heterocycles. The summed E-state index contributed by atoms with van der Waals surface area (Å²) >= 11 is 12.7. The third kappa shape index (κ3) is 2.62. The van der Waals surface area contributed by atoms with Crippen LogP contribution in [0.25, 0.3) is 11.0 Å². The van der Waals surface area contributed by atoms with Gasteiger partial charge in [-0.3, -0.25) is 0 Å². The van der Waals surface area contributed by atoms with E-state index in [-0.39, 0.29) is 5.63 Å². The standard InChI is InChI=1S/C21H17Cl2NO3/c1-11-5-6-12(22)7-18(11)24-9-16-19-15(8-17(23)20(16)26-10-24)13-3-2-4-14(13)21(25)27-19/h5-8H,2-4,9-10H2,1H3. The molecule has 3 aromatic rings. The predicted molar refractivity (Wildman–Crippen MR) is 107 cm³/mol. The van der Waals surface area contributed by atoms with E-state index in [9.17, 15) is 4.79 Å². The Morgan fingerprint density at radius 1 is 1.07 bits per heavy atom. The third-order valence-electron chi connectivity index (χ3n) is 5.49. The van der Waals surface area contributed by atoms with Gasteiger partial charge in [-0.25, -0.2) is 4.79 Å². The van der Waals surface area contributed by atoms with Crippen LogP contribution in [0.2, 0.25) is 10.0 Å². The number of ether oxygens (including phenoxy) is 1. The number of benzene rings is 2. The van der Waals surface area contributed by atoms with Crippen LogP contribution in [-0.2, 0) is 19.4 Å². The van der Waals surface area contributed by atoms with Gasteiger partial charge < -0.3 is 14.1 Å². The minimum Gasteiger partial charge on any atom is -0.471 e. The Hall–Kier alpha value is -2.17. The van der Waals surface area contributed by atoms with E-state index in [0.29, 0.717) is 34.7 Å². The lowest BCUT2D eigenvalue weighted by atomic mass is 10.0. The molecule has 0 spiro atoms. The Kier molecular flexibility index (Phi) is 3.88. The lowest BCUT2D eigenvalue weighted by Crippen LogP contribution is -2.32. The van der Waals surface area contributed by atoms with Crippen LogP contribution in [0.4, 0.5) is 5.69 Å². The van der Waals surface area contributed by atoms with Gasteiger partial charge in [0.1, 0.15) is 11.3 Å². The van der Waals surface area contributed by atoms with Crippen LogP contribution in [0, 0.1) is 6.92 Å². The number of aryl methyl sites for hydroxylation is 2. The number of rotatable bonds is 1. The van der Waals surface area contributed by atoms with Crippen LogP contribution < -0.4 is 15.3 Å². The molecule has 27 heavy (non-hydrogen) atoms. The topological polar surface area (TPSA) is 42.7 Å². The SMILES string of the molecule is Cc1ccc(Cl)cc1N1COc2c(Cl)cc3c4c(c(=O)oc3c2C1)CCC4. The quantitative estimate of drug-likeness (QED) is 0.522. The fourth-order valence-corrected chi connectivity index (χ4v) is 4.63. The zero-order valence-corrected chi connectivity index (χ0v) is 16.3. The molecule has 2 heterocycles. The van der Waals surface area contributed by atoms with Crippen molar-refractivity contribution in [1.29, 1.82) is 0 Å². The van der Waals surface area contributed by atoms with Gasteiger partial charge >= 0.3 is 5.63 Å². The number of halogens is 2. The number of hydrogen-bond acceptors (Lipinski definition) is 4. The van der Waals surface area contributed by atoms with Crippen molar-refractivity contribution in [3.05, 3.63) is 67.0 Å². The van der Waals surface area contributed by atoms with Gasteiger partial charge in [-0.2, -0.15) is 0 Å². The fraction of sp³-hybridized carbons (Fsp3) is 0.286. The average molecular weight is 402 g/mol. The largest absolute Gasteiger partial charge is 0.471 e. The average Bonchev–Trinajstić information content (AvgIpc) is 3.15. The molecule has 0 bridgehead atoms. The summed E-state index contributed by atoms with van der Waals surface area (Å²) in [6.45, 7) is 2.92. The van der Waals surface area contributed by atoms with E-state index in [2.05, 4.69) is 4.90 Å². The van der Waals surface area contributed by atoms with Crippen LogP contribution in [0.5, 0.6) is 5.75 Å². The Bertz CT molecular complexity index is 1150. The van der Waals surface area contributed by atoms with E-state index in [1.54, 1.807) is 0 Å². The van der Waals surface area contributed by atoms with E-state index in [1.165, 1.54) is 0 Å². The Labute approximate surface area is 166 Å². The Morgan fingerprint density at radius 2 is 1.89 bits per heavy atom. The van der Waals surface area contributed by atoms with Gasteiger partial charge in [0.25, 0.3) is 0 Å². The van der Waals surface area contributed by atoms with E-state index in [1.807, 2.05) is 31.2 Å². The molecule has 0 unspecified atom stereocenters. The molecule has 0 saturated carbocycles. The Balaban J connectivity index is 1.70. The van der Waals surface area contributed by atoms with Gasteiger partial charge in [-0.1, -0.05) is 29.3 Å². The first-order valence-electron chi connectivity index (χ1n) is 8.97. The minimum atomic E-state index is -0.240. The van der Waals surface area contributed by atoms with E-state index < -0.39 is 0 Å². The highest BCUT2D eigenvalue weighted by Gasteiger charge is 2.28. The summed E-state index contributed by atoms with van der Waals surface area (Å²) in [5.41, 5.74) is 5.11. The second kappa shape index (κ2) is 6.18. The van der Waals surface area contributed by atoms with Crippen molar-refractivity contribution < 1.29 is 9.15 Å². The fourth-order valence-electron chi connectivity index (χ4n) is 4.19.